The molecule has 17 nitrogen and oxygen atoms in total. The fourth-order valence-corrected chi connectivity index (χ4v) is 9.79. The Morgan fingerprint density at radius 1 is 0.984 bits per heavy atom. The first-order chi connectivity index (χ1) is 28.8. The van der Waals surface area contributed by atoms with Gasteiger partial charge in [-0.05, 0) is 87.1 Å². The highest BCUT2D eigenvalue weighted by atomic mass is 32.1. The molecule has 1 aromatic heterocycles. The highest BCUT2D eigenvalue weighted by Gasteiger charge is 2.55. The second kappa shape index (κ2) is 21.1. The number of thiocarbonyl (C=S) groups is 1. The van der Waals surface area contributed by atoms with Gasteiger partial charge in [-0.3, -0.25) is 19.0 Å². The van der Waals surface area contributed by atoms with Crippen LogP contribution in [0.5, 0.6) is 0 Å². The van der Waals surface area contributed by atoms with Gasteiger partial charge in [0, 0.05) is 50.6 Å². The molecule has 8 unspecified atom stereocenters. The van der Waals surface area contributed by atoms with Crippen LogP contribution >= 0.6 is 12.2 Å². The molecule has 0 aliphatic carbocycles. The van der Waals surface area contributed by atoms with Crippen LogP contribution in [-0.2, 0) is 52.3 Å². The molecule has 3 fully saturated rings. The predicted octanol–water partition coefficient (Wildman–Crippen LogP) is 3.80. The van der Waals surface area contributed by atoms with Crippen LogP contribution in [0, 0.1) is 23.7 Å². The lowest BCUT2D eigenvalue weighted by molar-refractivity contribution is -0.318. The number of imidazole rings is 1. The summed E-state index contributed by atoms with van der Waals surface area (Å²) in [7, 11) is 5.26. The summed E-state index contributed by atoms with van der Waals surface area (Å²) in [5.74, 6) is -5.74. The molecule has 0 radical (unpaired) electrons. The van der Waals surface area contributed by atoms with E-state index in [1.807, 2.05) is 39.8 Å². The quantitative estimate of drug-likeness (QED) is 0.226. The maximum atomic E-state index is 14.5. The van der Waals surface area contributed by atoms with Crippen LogP contribution in [0.15, 0.2) is 18.7 Å². The third kappa shape index (κ3) is 11.8. The monoisotopic (exact) mass is 899 g/mol. The lowest BCUT2D eigenvalue weighted by atomic mass is 9.74. The molecule has 1 aromatic rings. The Labute approximate surface area is 372 Å². The van der Waals surface area contributed by atoms with Gasteiger partial charge < -0.3 is 58.1 Å². The largest absolute Gasteiger partial charge is 0.461 e. The van der Waals surface area contributed by atoms with Crippen LogP contribution in [0.2, 0.25) is 0 Å². The molecule has 4 heterocycles. The van der Waals surface area contributed by atoms with Crippen molar-refractivity contribution in [1.29, 1.82) is 0 Å². The number of ketones is 1. The van der Waals surface area contributed by atoms with Gasteiger partial charge in [0.25, 0.3) is 5.17 Å². The number of methoxy groups -OCH3 is 1. The van der Waals surface area contributed by atoms with Crippen molar-refractivity contribution in [3.8, 4) is 0 Å². The third-order valence-corrected chi connectivity index (χ3v) is 13.5. The molecule has 4 rings (SSSR count). The van der Waals surface area contributed by atoms with Crippen molar-refractivity contribution in [3.63, 3.8) is 0 Å². The summed E-state index contributed by atoms with van der Waals surface area (Å²) in [6, 6.07) is -0.334. The minimum Gasteiger partial charge on any atom is -0.461 e. The Balaban J connectivity index is 1.85. The highest BCUT2D eigenvalue weighted by Crippen LogP contribution is 2.42. The summed E-state index contributed by atoms with van der Waals surface area (Å²) >= 11 is 5.56. The number of carbonyl (C=O) groups excluding carboxylic acids is 3. The van der Waals surface area contributed by atoms with Crippen LogP contribution in [0.3, 0.4) is 0 Å². The lowest BCUT2D eigenvalue weighted by Gasteiger charge is -2.49. The molecule has 0 amide bonds. The van der Waals surface area contributed by atoms with Crippen molar-refractivity contribution < 1.29 is 67.6 Å². The molecular weight excluding hydrogens is 827 g/mol. The summed E-state index contributed by atoms with van der Waals surface area (Å²) < 4.78 is 52.5. The van der Waals surface area contributed by atoms with E-state index >= 15 is 0 Å². The molecule has 3 N–H and O–H groups in total. The predicted molar refractivity (Wildman–Crippen MR) is 230 cm³/mol. The molecular formula is C44H73N3O14S. The minimum atomic E-state index is -2.03. The lowest BCUT2D eigenvalue weighted by Crippen LogP contribution is -2.62. The van der Waals surface area contributed by atoms with E-state index in [1.165, 1.54) is 34.0 Å². The van der Waals surface area contributed by atoms with Gasteiger partial charge in [0.2, 0.25) is 0 Å². The van der Waals surface area contributed by atoms with Crippen LogP contribution in [0.25, 0.3) is 0 Å². The van der Waals surface area contributed by atoms with E-state index in [-0.39, 0.29) is 36.6 Å². The van der Waals surface area contributed by atoms with E-state index in [0.29, 0.717) is 12.8 Å². The van der Waals surface area contributed by atoms with Gasteiger partial charge in [-0.15, -0.1) is 0 Å². The molecule has 3 aliphatic rings. The van der Waals surface area contributed by atoms with E-state index < -0.39 is 114 Å². The second-order valence-corrected chi connectivity index (χ2v) is 19.1. The first-order valence-corrected chi connectivity index (χ1v) is 22.3. The van der Waals surface area contributed by atoms with E-state index in [0.717, 1.165) is 0 Å². The number of carbonyl (C=O) groups is 3. The fourth-order valence-electron chi connectivity index (χ4n) is 9.57. The number of Topliss-reactive ketones (excluding diaryl/α,β-unsaturated/α-hetero) is 1. The number of nitrogens with zero attached hydrogens (tertiary/aromatic N) is 3. The maximum absolute atomic E-state index is 14.5. The molecule has 0 aromatic carbocycles. The number of esters is 2. The molecule has 18 heteroatoms. The zero-order chi connectivity index (χ0) is 46.6. The molecule has 18 atom stereocenters. The van der Waals surface area contributed by atoms with Crippen LogP contribution < -0.4 is 0 Å². The van der Waals surface area contributed by atoms with Gasteiger partial charge in [0.05, 0.1) is 48.1 Å². The Hall–Kier alpha value is -2.65. The molecule has 0 spiro atoms. The number of hydrogen-bond donors (Lipinski definition) is 3. The molecule has 354 valence electrons. The van der Waals surface area contributed by atoms with Gasteiger partial charge in [-0.25, -0.2) is 4.98 Å². The standard InChI is InChI=1S/C44H73N3O14S/c1-15-16-31-44(11,53)36(50)25(4)33(49)23(2)20-42(9,52)37(60-40-35(57-29(8)48)30(46(12)13)19-24(3)55-40)26(5)34(27(6)39(51)58-31)59-32-21-43(10,54-14)38(28(7)56-32)61-41(62)47-18-17-45-22-47/h17-18,22-28,30-32,34-38,40,50,52-53H,15-16,19-21H2,1-14H3/t23-,24?,25+,26+,27-,28?,30?,31-,32?,34+,35?,36-,37-,38?,40?,42-,43?,44-/m1/s1. The van der Waals surface area contributed by atoms with E-state index in [1.54, 1.807) is 51.8 Å². The average molecular weight is 900 g/mol. The van der Waals surface area contributed by atoms with E-state index in [2.05, 4.69) is 4.98 Å². The minimum absolute atomic E-state index is 0.100. The Morgan fingerprint density at radius 3 is 2.21 bits per heavy atom. The zero-order valence-corrected chi connectivity index (χ0v) is 39.8. The van der Waals surface area contributed by atoms with Crippen molar-refractivity contribution in [2.75, 3.05) is 21.2 Å². The van der Waals surface area contributed by atoms with E-state index in [4.69, 9.17) is 50.1 Å². The topological polar surface area (TPSA) is 207 Å². The van der Waals surface area contributed by atoms with Crippen molar-refractivity contribution in [1.82, 2.24) is 14.5 Å². The molecule has 3 saturated heterocycles. The number of aliphatic hydroxyl groups excluding tert-OH is 1. The molecule has 0 saturated carbocycles. The average Bonchev–Trinajstić information content (AvgIpc) is 3.74. The van der Waals surface area contributed by atoms with Crippen molar-refractivity contribution in [2.24, 2.45) is 23.7 Å². The van der Waals surface area contributed by atoms with Crippen molar-refractivity contribution in [3.05, 3.63) is 18.7 Å². The second-order valence-electron chi connectivity index (χ2n) is 18.8. The summed E-state index contributed by atoms with van der Waals surface area (Å²) in [6.45, 7) is 18.1. The Bertz CT molecular complexity index is 1660. The number of ether oxygens (including phenoxy) is 8. The fraction of sp³-hybridized carbons (Fsp3) is 0.841. The number of rotatable bonds is 10. The van der Waals surface area contributed by atoms with E-state index in [9.17, 15) is 29.7 Å². The number of cyclic esters (lactones) is 1. The van der Waals surface area contributed by atoms with Gasteiger partial charge in [0.15, 0.2) is 24.8 Å². The zero-order valence-electron chi connectivity index (χ0n) is 39.0. The normalized spacial score (nSPS) is 42.8. The smallest absolute Gasteiger partial charge is 0.311 e. The molecule has 0 bridgehead atoms. The first-order valence-electron chi connectivity index (χ1n) is 21.9. The summed E-state index contributed by atoms with van der Waals surface area (Å²) in [5.41, 5.74) is -4.93. The maximum Gasteiger partial charge on any atom is 0.311 e. The van der Waals surface area contributed by atoms with Gasteiger partial charge in [0.1, 0.15) is 29.4 Å². The summed E-state index contributed by atoms with van der Waals surface area (Å²) in [4.78, 5) is 47.2. The van der Waals surface area contributed by atoms with Gasteiger partial charge >= 0.3 is 11.9 Å². The highest BCUT2D eigenvalue weighted by molar-refractivity contribution is 7.80. The molecule has 3 aliphatic heterocycles. The SMILES string of the molecule is CCC[C@H]1OC(=O)[C@H](C)[C@@H](OC2CC(C)(OC)C(OC(=S)n3ccnc3)C(C)O2)[C@H](C)[C@@H](OC2OC(C)CC(N(C)C)C2OC(C)=O)[C@](C)(O)C[C@@H](C)C(=O)[C@H](C)[C@@H](O)[C@]1(C)O. The number of aromatic nitrogens is 2. The number of likely N-dealkylation sites (N-methyl/N-ethyl adjacent to an activating group) is 1. The van der Waals surface area contributed by atoms with Gasteiger partial charge in [-0.2, -0.15) is 0 Å². The molecule has 62 heavy (non-hydrogen) atoms. The number of hydrogen-bond acceptors (Lipinski definition) is 17. The first kappa shape index (κ1) is 52.0. The van der Waals surface area contributed by atoms with Crippen molar-refractivity contribution >= 4 is 35.1 Å². The Kier molecular flexibility index (Phi) is 17.7. The Morgan fingerprint density at radius 2 is 1.65 bits per heavy atom. The van der Waals surface area contributed by atoms with Crippen LogP contribution in [0.4, 0.5) is 0 Å². The van der Waals surface area contributed by atoms with Gasteiger partial charge in [-0.1, -0.05) is 34.1 Å². The summed E-state index contributed by atoms with van der Waals surface area (Å²) in [6.07, 6.45) is -4.28. The van der Waals surface area contributed by atoms with Crippen LogP contribution in [0.1, 0.15) is 108 Å². The number of aliphatic hydroxyl groups is 3. The van der Waals surface area contributed by atoms with Crippen molar-refractivity contribution in [2.45, 2.75) is 193 Å². The van der Waals surface area contributed by atoms with Crippen LogP contribution in [-0.4, -0.2) is 158 Å². The summed E-state index contributed by atoms with van der Waals surface area (Å²) in [5, 5.41) is 36.3. The third-order valence-electron chi connectivity index (χ3n) is 13.2.